The summed E-state index contributed by atoms with van der Waals surface area (Å²) in [6.45, 7) is 12.9. The predicted octanol–water partition coefficient (Wildman–Crippen LogP) is 4.61. The second-order valence-electron chi connectivity index (χ2n) is 11.8. The highest BCUT2D eigenvalue weighted by atomic mass is 16.2. The number of anilines is 1. The standard InChI is InChI=1S/C34H45N5O3/c1-26(2)24-36-17-11-19-39(33(41)23-29-12-6-5-7-13-29)31-15-9-8-14-30(31)25-37(21-20-36)32(40)16-10-18-38-28(4)22-27(3)35-34(38)42/h5-9,12-15,22,26H,10-11,16-21,23-25H2,1-4H3. The van der Waals surface area contributed by atoms with Crippen LogP contribution in [0.15, 0.2) is 65.5 Å². The SMILES string of the molecule is Cc1cc(C)n(CCCC(=O)N2CCN(CC(C)C)CCCN(C(=O)Cc3ccccc3)c3ccccc3C2)c(=O)n1. The summed E-state index contributed by atoms with van der Waals surface area (Å²) in [4.78, 5) is 50.1. The molecule has 0 atom stereocenters. The van der Waals surface area contributed by atoms with E-state index in [1.807, 2.05) is 84.3 Å². The van der Waals surface area contributed by atoms with Gasteiger partial charge in [0.1, 0.15) is 0 Å². The van der Waals surface area contributed by atoms with Crippen molar-refractivity contribution in [3.8, 4) is 0 Å². The molecule has 2 amide bonds. The van der Waals surface area contributed by atoms with Crippen molar-refractivity contribution in [1.29, 1.82) is 0 Å². The Morgan fingerprint density at radius 3 is 2.38 bits per heavy atom. The van der Waals surface area contributed by atoms with Gasteiger partial charge in [-0.05, 0) is 62.4 Å². The number of aromatic nitrogens is 2. The predicted molar refractivity (Wildman–Crippen MR) is 167 cm³/mol. The molecule has 2 aromatic carbocycles. The molecule has 224 valence electrons. The largest absolute Gasteiger partial charge is 0.347 e. The quantitative estimate of drug-likeness (QED) is 0.395. The summed E-state index contributed by atoms with van der Waals surface area (Å²) in [5.74, 6) is 0.618. The summed E-state index contributed by atoms with van der Waals surface area (Å²) < 4.78 is 1.64. The number of rotatable bonds is 8. The van der Waals surface area contributed by atoms with Crippen LogP contribution < -0.4 is 10.6 Å². The van der Waals surface area contributed by atoms with Crippen molar-refractivity contribution < 1.29 is 9.59 Å². The van der Waals surface area contributed by atoms with Crippen molar-refractivity contribution in [2.75, 3.05) is 37.6 Å². The number of benzene rings is 2. The summed E-state index contributed by atoms with van der Waals surface area (Å²) in [7, 11) is 0. The van der Waals surface area contributed by atoms with Crippen LogP contribution in [0.3, 0.4) is 0 Å². The lowest BCUT2D eigenvalue weighted by molar-refractivity contribution is -0.132. The lowest BCUT2D eigenvalue weighted by atomic mass is 10.1. The Balaban J connectivity index is 1.56. The number of carbonyl (C=O) groups excluding carboxylic acids is 2. The molecule has 8 heteroatoms. The van der Waals surface area contributed by atoms with Crippen LogP contribution in [0.4, 0.5) is 5.69 Å². The van der Waals surface area contributed by atoms with E-state index < -0.39 is 0 Å². The van der Waals surface area contributed by atoms with Crippen LogP contribution in [-0.2, 0) is 29.1 Å². The number of carbonyl (C=O) groups is 2. The molecular weight excluding hydrogens is 526 g/mol. The summed E-state index contributed by atoms with van der Waals surface area (Å²) in [6, 6.07) is 19.7. The highest BCUT2D eigenvalue weighted by Crippen LogP contribution is 2.25. The fourth-order valence-electron chi connectivity index (χ4n) is 5.77. The smallest absolute Gasteiger partial charge is 0.337 e. The summed E-state index contributed by atoms with van der Waals surface area (Å²) in [5, 5.41) is 0. The van der Waals surface area contributed by atoms with Crippen molar-refractivity contribution in [1.82, 2.24) is 19.4 Å². The number of fused-ring (bicyclic) bond motifs is 1. The van der Waals surface area contributed by atoms with Crippen LogP contribution in [0, 0.1) is 19.8 Å². The van der Waals surface area contributed by atoms with Crippen molar-refractivity contribution in [3.63, 3.8) is 0 Å². The van der Waals surface area contributed by atoms with E-state index in [0.717, 1.165) is 48.6 Å². The molecule has 2 heterocycles. The number of hydrogen-bond donors (Lipinski definition) is 0. The molecule has 8 nitrogen and oxygen atoms in total. The van der Waals surface area contributed by atoms with Crippen molar-refractivity contribution in [2.45, 2.75) is 66.5 Å². The van der Waals surface area contributed by atoms with Crippen molar-refractivity contribution in [3.05, 3.63) is 93.7 Å². The number of amides is 2. The zero-order valence-electron chi connectivity index (χ0n) is 25.6. The Bertz CT molecular complexity index is 1400. The molecule has 4 rings (SSSR count). The van der Waals surface area contributed by atoms with E-state index in [-0.39, 0.29) is 17.5 Å². The molecule has 42 heavy (non-hydrogen) atoms. The fourth-order valence-corrected chi connectivity index (χ4v) is 5.77. The van der Waals surface area contributed by atoms with E-state index in [1.54, 1.807) is 4.57 Å². The minimum Gasteiger partial charge on any atom is -0.337 e. The molecule has 0 N–H and O–H groups in total. The summed E-state index contributed by atoms with van der Waals surface area (Å²) in [5.41, 5.74) is 4.13. The van der Waals surface area contributed by atoms with E-state index in [2.05, 4.69) is 23.7 Å². The van der Waals surface area contributed by atoms with Crippen molar-refractivity contribution in [2.24, 2.45) is 5.92 Å². The summed E-state index contributed by atoms with van der Waals surface area (Å²) in [6.07, 6.45) is 2.08. The second kappa shape index (κ2) is 14.9. The molecule has 1 aromatic heterocycles. The maximum Gasteiger partial charge on any atom is 0.347 e. The van der Waals surface area contributed by atoms with Crippen LogP contribution >= 0.6 is 0 Å². The van der Waals surface area contributed by atoms with Gasteiger partial charge in [0.2, 0.25) is 11.8 Å². The lowest BCUT2D eigenvalue weighted by Crippen LogP contribution is -2.40. The van der Waals surface area contributed by atoms with Crippen LogP contribution in [-0.4, -0.2) is 63.9 Å². The first-order chi connectivity index (χ1) is 20.2. The van der Waals surface area contributed by atoms with Gasteiger partial charge in [0, 0.05) is 62.8 Å². The third-order valence-electron chi connectivity index (χ3n) is 7.78. The van der Waals surface area contributed by atoms with Gasteiger partial charge >= 0.3 is 5.69 Å². The molecule has 1 aliphatic heterocycles. The van der Waals surface area contributed by atoms with Gasteiger partial charge in [-0.25, -0.2) is 4.79 Å². The molecule has 3 aromatic rings. The molecule has 0 bridgehead atoms. The number of aryl methyl sites for hydroxylation is 2. The third kappa shape index (κ3) is 8.61. The molecule has 0 unspecified atom stereocenters. The van der Waals surface area contributed by atoms with Gasteiger partial charge in [0.05, 0.1) is 6.42 Å². The number of para-hydroxylation sites is 1. The first kappa shape index (κ1) is 31.2. The van der Waals surface area contributed by atoms with Gasteiger partial charge in [0.15, 0.2) is 0 Å². The Labute approximate surface area is 250 Å². The Kier molecular flexibility index (Phi) is 11.1. The molecule has 0 fully saturated rings. The van der Waals surface area contributed by atoms with E-state index >= 15 is 0 Å². The average Bonchev–Trinajstić information content (AvgIpc) is 2.98. The molecule has 0 saturated carbocycles. The topological polar surface area (TPSA) is 78.8 Å². The first-order valence-electron chi connectivity index (χ1n) is 15.2. The van der Waals surface area contributed by atoms with Gasteiger partial charge in [0.25, 0.3) is 0 Å². The molecule has 1 aliphatic rings. The Hall–Kier alpha value is -3.78. The van der Waals surface area contributed by atoms with Gasteiger partial charge in [-0.3, -0.25) is 14.2 Å². The fraction of sp³-hybridized carbons (Fsp3) is 0.471. The van der Waals surface area contributed by atoms with Crippen LogP contribution in [0.5, 0.6) is 0 Å². The maximum absolute atomic E-state index is 13.7. The number of nitrogens with zero attached hydrogens (tertiary/aromatic N) is 5. The van der Waals surface area contributed by atoms with Gasteiger partial charge in [-0.15, -0.1) is 0 Å². The van der Waals surface area contributed by atoms with Crippen LogP contribution in [0.2, 0.25) is 0 Å². The average molecular weight is 572 g/mol. The monoisotopic (exact) mass is 571 g/mol. The molecular formula is C34H45N5O3. The zero-order valence-corrected chi connectivity index (χ0v) is 25.6. The van der Waals surface area contributed by atoms with Crippen LogP contribution in [0.25, 0.3) is 0 Å². The molecule has 0 aliphatic carbocycles. The molecule has 0 radical (unpaired) electrons. The van der Waals surface area contributed by atoms with Gasteiger partial charge in [-0.1, -0.05) is 62.4 Å². The Morgan fingerprint density at radius 1 is 0.905 bits per heavy atom. The highest BCUT2D eigenvalue weighted by Gasteiger charge is 2.24. The normalized spacial score (nSPS) is 14.9. The van der Waals surface area contributed by atoms with Crippen LogP contribution in [0.1, 0.15) is 55.6 Å². The molecule has 0 spiro atoms. The second-order valence-corrected chi connectivity index (χ2v) is 11.8. The van der Waals surface area contributed by atoms with E-state index in [0.29, 0.717) is 57.1 Å². The summed E-state index contributed by atoms with van der Waals surface area (Å²) >= 11 is 0. The zero-order chi connectivity index (χ0) is 30.1. The highest BCUT2D eigenvalue weighted by molar-refractivity contribution is 5.95. The van der Waals surface area contributed by atoms with Gasteiger partial charge < -0.3 is 14.7 Å². The number of hydrogen-bond acceptors (Lipinski definition) is 5. The van der Waals surface area contributed by atoms with Crippen molar-refractivity contribution >= 4 is 17.5 Å². The Morgan fingerprint density at radius 2 is 1.64 bits per heavy atom. The molecule has 0 saturated heterocycles. The van der Waals surface area contributed by atoms with E-state index in [9.17, 15) is 14.4 Å². The van der Waals surface area contributed by atoms with E-state index in [1.165, 1.54) is 0 Å². The van der Waals surface area contributed by atoms with Gasteiger partial charge in [-0.2, -0.15) is 4.98 Å². The first-order valence-corrected chi connectivity index (χ1v) is 15.2. The lowest BCUT2D eigenvalue weighted by Gasteiger charge is -2.29. The van der Waals surface area contributed by atoms with E-state index in [4.69, 9.17) is 0 Å². The maximum atomic E-state index is 13.7. The third-order valence-corrected chi connectivity index (χ3v) is 7.78. The minimum absolute atomic E-state index is 0.0569. The minimum atomic E-state index is -0.270.